The van der Waals surface area contributed by atoms with E-state index >= 15 is 0 Å². The first-order valence-corrected chi connectivity index (χ1v) is 10.5. The van der Waals surface area contributed by atoms with Crippen LogP contribution in [0, 0.1) is 18.7 Å². The van der Waals surface area contributed by atoms with Crippen molar-refractivity contribution in [1.29, 1.82) is 0 Å². The number of aromatic amines is 1. The predicted octanol–water partition coefficient (Wildman–Crippen LogP) is 3.77. The van der Waals surface area contributed by atoms with Crippen molar-refractivity contribution >= 4 is 5.52 Å². The third-order valence-corrected chi connectivity index (χ3v) is 6.07. The van der Waals surface area contributed by atoms with E-state index in [1.807, 2.05) is 31.2 Å². The van der Waals surface area contributed by atoms with Gasteiger partial charge in [0.15, 0.2) is 11.3 Å². The second kappa shape index (κ2) is 7.74. The summed E-state index contributed by atoms with van der Waals surface area (Å²) in [5.41, 5.74) is 2.47. The zero-order valence-corrected chi connectivity index (χ0v) is 17.5. The second-order valence-corrected chi connectivity index (χ2v) is 8.46. The molecule has 1 saturated heterocycles. The van der Waals surface area contributed by atoms with Crippen molar-refractivity contribution in [3.63, 3.8) is 0 Å². The molecule has 2 aromatic carbocycles. The lowest BCUT2D eigenvalue weighted by Gasteiger charge is -2.16. The van der Waals surface area contributed by atoms with Gasteiger partial charge in [-0.3, -0.25) is 9.69 Å². The van der Waals surface area contributed by atoms with Gasteiger partial charge in [-0.15, -0.1) is 0 Å². The van der Waals surface area contributed by atoms with E-state index in [0.717, 1.165) is 25.2 Å². The predicted molar refractivity (Wildman–Crippen MR) is 117 cm³/mol. The first-order chi connectivity index (χ1) is 15.0. The van der Waals surface area contributed by atoms with Crippen LogP contribution in [0.15, 0.2) is 59.5 Å². The summed E-state index contributed by atoms with van der Waals surface area (Å²) in [5, 5.41) is 4.72. The third kappa shape index (κ3) is 3.65. The van der Waals surface area contributed by atoms with Crippen molar-refractivity contribution in [2.24, 2.45) is 5.92 Å². The molecule has 0 aliphatic carbocycles. The Kier molecular flexibility index (Phi) is 4.90. The highest BCUT2D eigenvalue weighted by Gasteiger charge is 2.33. The minimum Gasteiger partial charge on any atom is -0.307 e. The van der Waals surface area contributed by atoms with Crippen molar-refractivity contribution < 1.29 is 4.39 Å². The molecule has 1 fully saturated rings. The van der Waals surface area contributed by atoms with Crippen molar-refractivity contribution in [1.82, 2.24) is 24.5 Å². The Morgan fingerprint density at radius 3 is 2.74 bits per heavy atom. The van der Waals surface area contributed by atoms with Crippen LogP contribution < -0.4 is 5.56 Å². The van der Waals surface area contributed by atoms with Gasteiger partial charge in [0.2, 0.25) is 0 Å². The normalized spacial score (nSPS) is 19.3. The van der Waals surface area contributed by atoms with Crippen LogP contribution in [0.5, 0.6) is 0 Å². The summed E-state index contributed by atoms with van der Waals surface area (Å²) in [6.07, 6.45) is 1.45. The molecule has 4 aromatic rings. The van der Waals surface area contributed by atoms with E-state index in [9.17, 15) is 9.18 Å². The zero-order chi connectivity index (χ0) is 21.5. The summed E-state index contributed by atoms with van der Waals surface area (Å²) >= 11 is 0. The molecule has 7 heteroatoms. The summed E-state index contributed by atoms with van der Waals surface area (Å²) < 4.78 is 16.1. The Balaban J connectivity index is 1.50. The third-order valence-electron chi connectivity index (χ3n) is 6.07. The number of H-pyrrole nitrogens is 1. The average molecular weight is 417 g/mol. The van der Waals surface area contributed by atoms with E-state index in [4.69, 9.17) is 5.10 Å². The smallest absolute Gasteiger partial charge is 0.276 e. The lowest BCUT2D eigenvalue weighted by Crippen LogP contribution is -2.23. The standard InChI is InChI=1S/C24H24FN5O/c1-15-8-9-18(20(25)10-15)23-26-11-21-24(31)27-22(28-30(21)23)19-14-29(12-16(19)2)13-17-6-4-3-5-7-17/h3-11,16,19H,12-14H2,1-2H3,(H,27,28,31). The number of imidazole rings is 1. The van der Waals surface area contributed by atoms with Gasteiger partial charge in [-0.25, -0.2) is 13.9 Å². The topological polar surface area (TPSA) is 66.3 Å². The molecule has 1 aliphatic rings. The van der Waals surface area contributed by atoms with Crippen molar-refractivity contribution in [3.8, 4) is 11.4 Å². The number of aromatic nitrogens is 4. The molecular weight excluding hydrogens is 393 g/mol. The summed E-state index contributed by atoms with van der Waals surface area (Å²) in [7, 11) is 0. The quantitative estimate of drug-likeness (QED) is 0.549. The van der Waals surface area contributed by atoms with Gasteiger partial charge in [-0.1, -0.05) is 43.3 Å². The number of nitrogens with one attached hydrogen (secondary N) is 1. The molecular formula is C24H24FN5O. The number of fused-ring (bicyclic) bond motifs is 1. The fourth-order valence-electron chi connectivity index (χ4n) is 4.46. The lowest BCUT2D eigenvalue weighted by molar-refractivity contribution is 0.318. The van der Waals surface area contributed by atoms with Crippen LogP contribution >= 0.6 is 0 Å². The molecule has 5 rings (SSSR count). The van der Waals surface area contributed by atoms with E-state index < -0.39 is 0 Å². The van der Waals surface area contributed by atoms with Crippen molar-refractivity contribution in [2.45, 2.75) is 26.3 Å². The number of halogens is 1. The Bertz CT molecular complexity index is 1300. The molecule has 1 N–H and O–H groups in total. The van der Waals surface area contributed by atoms with Gasteiger partial charge in [0.1, 0.15) is 11.6 Å². The van der Waals surface area contributed by atoms with Gasteiger partial charge in [0.05, 0.1) is 11.8 Å². The fraction of sp³-hybridized carbons (Fsp3) is 0.292. The minimum atomic E-state index is -0.376. The summed E-state index contributed by atoms with van der Waals surface area (Å²) in [4.78, 5) is 22.4. The fourth-order valence-corrected chi connectivity index (χ4v) is 4.46. The summed E-state index contributed by atoms with van der Waals surface area (Å²) in [6.45, 7) is 6.59. The van der Waals surface area contributed by atoms with Crippen molar-refractivity contribution in [2.75, 3.05) is 13.1 Å². The molecule has 0 amide bonds. The Hall–Kier alpha value is -3.32. The number of aryl methyl sites for hydroxylation is 1. The molecule has 1 aliphatic heterocycles. The van der Waals surface area contributed by atoms with Crippen molar-refractivity contribution in [3.05, 3.63) is 87.9 Å². The molecule has 3 heterocycles. The maximum absolute atomic E-state index is 14.6. The van der Waals surface area contributed by atoms with Gasteiger partial charge in [-0.2, -0.15) is 5.10 Å². The molecule has 2 aromatic heterocycles. The minimum absolute atomic E-state index is 0.0823. The number of rotatable bonds is 4. The largest absolute Gasteiger partial charge is 0.307 e. The molecule has 0 saturated carbocycles. The Morgan fingerprint density at radius 2 is 1.97 bits per heavy atom. The Labute approximate surface area is 179 Å². The zero-order valence-electron chi connectivity index (χ0n) is 17.5. The van der Waals surface area contributed by atoms with E-state index in [0.29, 0.717) is 28.6 Å². The van der Waals surface area contributed by atoms with Crippen LogP contribution in [-0.4, -0.2) is 37.6 Å². The molecule has 0 bridgehead atoms. The van der Waals surface area contributed by atoms with Gasteiger partial charge in [0, 0.05) is 25.6 Å². The van der Waals surface area contributed by atoms with Gasteiger partial charge >= 0.3 is 0 Å². The molecule has 2 atom stereocenters. The van der Waals surface area contributed by atoms with Crippen LogP contribution in [0.1, 0.15) is 29.8 Å². The van der Waals surface area contributed by atoms with Crippen LogP contribution in [0.2, 0.25) is 0 Å². The van der Waals surface area contributed by atoms with Gasteiger partial charge in [-0.05, 0) is 36.1 Å². The SMILES string of the molecule is Cc1ccc(-c2ncc3c(=O)[nH]c(C4CN(Cc5ccccc5)CC4C)nn23)c(F)c1. The highest BCUT2D eigenvalue weighted by Crippen LogP contribution is 2.31. The molecule has 2 unspecified atom stereocenters. The molecule has 6 nitrogen and oxygen atoms in total. The first-order valence-electron chi connectivity index (χ1n) is 10.5. The van der Waals surface area contributed by atoms with Gasteiger partial charge < -0.3 is 4.98 Å². The maximum atomic E-state index is 14.6. The molecule has 158 valence electrons. The number of benzene rings is 2. The first kappa shape index (κ1) is 19.6. The molecule has 0 radical (unpaired) electrons. The highest BCUT2D eigenvalue weighted by molar-refractivity contribution is 5.62. The summed E-state index contributed by atoms with van der Waals surface area (Å²) in [5.74, 6) is 0.990. The second-order valence-electron chi connectivity index (χ2n) is 8.46. The lowest BCUT2D eigenvalue weighted by atomic mass is 9.97. The molecule has 31 heavy (non-hydrogen) atoms. The number of likely N-dealkylation sites (tertiary alicyclic amines) is 1. The van der Waals surface area contributed by atoms with E-state index in [1.165, 1.54) is 22.3 Å². The monoisotopic (exact) mass is 417 g/mol. The van der Waals surface area contributed by atoms with Crippen LogP contribution in [0.25, 0.3) is 16.9 Å². The van der Waals surface area contributed by atoms with Crippen LogP contribution in [-0.2, 0) is 6.54 Å². The summed E-state index contributed by atoms with van der Waals surface area (Å²) in [6, 6.07) is 15.3. The highest BCUT2D eigenvalue weighted by atomic mass is 19.1. The number of hydrogen-bond acceptors (Lipinski definition) is 4. The maximum Gasteiger partial charge on any atom is 0.276 e. The Morgan fingerprint density at radius 1 is 1.16 bits per heavy atom. The number of nitrogens with zero attached hydrogens (tertiary/aromatic N) is 4. The van der Waals surface area contributed by atoms with E-state index in [-0.39, 0.29) is 17.3 Å². The van der Waals surface area contributed by atoms with Gasteiger partial charge in [0.25, 0.3) is 5.56 Å². The average Bonchev–Trinajstić information content (AvgIpc) is 3.32. The van der Waals surface area contributed by atoms with E-state index in [2.05, 4.69) is 33.9 Å². The van der Waals surface area contributed by atoms with E-state index in [1.54, 1.807) is 6.07 Å². The van der Waals surface area contributed by atoms with Crippen LogP contribution in [0.4, 0.5) is 4.39 Å². The van der Waals surface area contributed by atoms with Crippen LogP contribution in [0.3, 0.4) is 0 Å². The molecule has 0 spiro atoms. The number of hydrogen-bond donors (Lipinski definition) is 1.